The normalized spacial score (nSPS) is 10.4. The second-order valence-electron chi connectivity index (χ2n) is 3.15. The van der Waals surface area contributed by atoms with Crippen LogP contribution in [0.15, 0.2) is 18.2 Å². The van der Waals surface area contributed by atoms with Crippen molar-refractivity contribution in [1.82, 2.24) is 20.2 Å². The van der Waals surface area contributed by atoms with Gasteiger partial charge in [0.05, 0.1) is 29.3 Å². The van der Waals surface area contributed by atoms with E-state index in [2.05, 4.69) is 20.7 Å². The van der Waals surface area contributed by atoms with E-state index >= 15 is 0 Å². The Morgan fingerprint density at radius 2 is 2.19 bits per heavy atom. The van der Waals surface area contributed by atoms with Gasteiger partial charge in [0, 0.05) is 0 Å². The molecule has 0 unspecified atom stereocenters. The van der Waals surface area contributed by atoms with Crippen LogP contribution in [0, 0.1) is 0 Å². The van der Waals surface area contributed by atoms with Crippen LogP contribution >= 0.6 is 23.2 Å². The first kappa shape index (κ1) is 11.2. The highest BCUT2D eigenvalue weighted by Crippen LogP contribution is 2.29. The molecule has 1 N–H and O–H groups in total. The van der Waals surface area contributed by atoms with Crippen molar-refractivity contribution in [2.75, 3.05) is 5.32 Å². The molecule has 16 heavy (non-hydrogen) atoms. The summed E-state index contributed by atoms with van der Waals surface area (Å²) in [6.45, 7) is 0.452. The van der Waals surface area contributed by atoms with Gasteiger partial charge in [-0.2, -0.15) is 4.80 Å². The lowest BCUT2D eigenvalue weighted by atomic mass is 10.3. The van der Waals surface area contributed by atoms with Gasteiger partial charge in [-0.1, -0.05) is 29.3 Å². The van der Waals surface area contributed by atoms with Gasteiger partial charge in [-0.3, -0.25) is 0 Å². The number of aryl methyl sites for hydroxylation is 1. The molecule has 84 valence electrons. The maximum atomic E-state index is 6.01. The summed E-state index contributed by atoms with van der Waals surface area (Å²) < 4.78 is 0. The summed E-state index contributed by atoms with van der Waals surface area (Å²) in [7, 11) is 1.71. The highest BCUT2D eigenvalue weighted by molar-refractivity contribution is 6.43. The fourth-order valence-electron chi connectivity index (χ4n) is 1.21. The maximum Gasteiger partial charge on any atom is 0.193 e. The zero-order valence-corrected chi connectivity index (χ0v) is 10.00. The molecule has 0 amide bonds. The Balaban J connectivity index is 2.07. The number of nitrogens with one attached hydrogen (secondary N) is 1. The molecule has 0 radical (unpaired) electrons. The van der Waals surface area contributed by atoms with Crippen LogP contribution in [-0.4, -0.2) is 20.2 Å². The van der Waals surface area contributed by atoms with Gasteiger partial charge >= 0.3 is 0 Å². The van der Waals surface area contributed by atoms with Crippen molar-refractivity contribution in [3.8, 4) is 0 Å². The molecular formula is C9H9Cl2N5. The third-order valence-corrected chi connectivity index (χ3v) is 2.76. The fraction of sp³-hybridized carbons (Fsp3) is 0.222. The third-order valence-electron chi connectivity index (χ3n) is 1.94. The molecule has 0 atom stereocenters. The van der Waals surface area contributed by atoms with Crippen LogP contribution in [0.3, 0.4) is 0 Å². The number of halogens is 2. The molecule has 1 aromatic carbocycles. The van der Waals surface area contributed by atoms with Gasteiger partial charge in [0.1, 0.15) is 0 Å². The van der Waals surface area contributed by atoms with Gasteiger partial charge in [0.2, 0.25) is 0 Å². The summed E-state index contributed by atoms with van der Waals surface area (Å²) in [6, 6.07) is 5.39. The number of anilines is 1. The Bertz CT molecular complexity index is 496. The SMILES string of the molecule is Cn1nnc(CNc2cccc(Cl)c2Cl)n1. The van der Waals surface area contributed by atoms with Crippen LogP contribution in [0.5, 0.6) is 0 Å². The van der Waals surface area contributed by atoms with E-state index in [1.165, 1.54) is 4.80 Å². The average molecular weight is 258 g/mol. The predicted molar refractivity (Wildman–Crippen MR) is 62.6 cm³/mol. The van der Waals surface area contributed by atoms with Gasteiger partial charge in [-0.05, 0) is 17.3 Å². The summed E-state index contributed by atoms with van der Waals surface area (Å²) in [6.07, 6.45) is 0. The third kappa shape index (κ3) is 2.43. The number of hydrogen-bond acceptors (Lipinski definition) is 4. The molecule has 2 rings (SSSR count). The number of benzene rings is 1. The first-order valence-electron chi connectivity index (χ1n) is 4.57. The number of nitrogens with zero attached hydrogens (tertiary/aromatic N) is 4. The summed E-state index contributed by atoms with van der Waals surface area (Å²) >= 11 is 11.9. The van der Waals surface area contributed by atoms with Crippen LogP contribution in [0.2, 0.25) is 10.0 Å². The van der Waals surface area contributed by atoms with Crippen LogP contribution in [0.1, 0.15) is 5.82 Å². The Morgan fingerprint density at radius 3 is 2.88 bits per heavy atom. The smallest absolute Gasteiger partial charge is 0.193 e. The maximum absolute atomic E-state index is 6.01. The minimum absolute atomic E-state index is 0.452. The largest absolute Gasteiger partial charge is 0.376 e. The van der Waals surface area contributed by atoms with Crippen molar-refractivity contribution in [3.63, 3.8) is 0 Å². The molecule has 0 aliphatic carbocycles. The molecule has 0 aliphatic heterocycles. The Kier molecular flexibility index (Phi) is 3.26. The molecule has 2 aromatic rings. The molecule has 7 heteroatoms. The van der Waals surface area contributed by atoms with E-state index in [0.717, 1.165) is 5.69 Å². The molecule has 0 spiro atoms. The Hall–Kier alpha value is -1.33. The van der Waals surface area contributed by atoms with Crippen LogP contribution in [0.25, 0.3) is 0 Å². The Labute approximate surface area is 102 Å². The monoisotopic (exact) mass is 257 g/mol. The molecule has 0 saturated carbocycles. The van der Waals surface area contributed by atoms with Gasteiger partial charge in [0.15, 0.2) is 5.82 Å². The molecule has 0 aliphatic rings. The van der Waals surface area contributed by atoms with Crippen molar-refractivity contribution in [2.45, 2.75) is 6.54 Å². The number of rotatable bonds is 3. The molecule has 0 bridgehead atoms. The van der Waals surface area contributed by atoms with E-state index in [9.17, 15) is 0 Å². The summed E-state index contributed by atoms with van der Waals surface area (Å²) in [5.41, 5.74) is 0.751. The van der Waals surface area contributed by atoms with Crippen molar-refractivity contribution in [2.24, 2.45) is 7.05 Å². The lowest BCUT2D eigenvalue weighted by molar-refractivity contribution is 0.628. The lowest BCUT2D eigenvalue weighted by Crippen LogP contribution is -2.02. The summed E-state index contributed by atoms with van der Waals surface area (Å²) in [4.78, 5) is 1.40. The molecule has 1 aromatic heterocycles. The molecule has 0 saturated heterocycles. The van der Waals surface area contributed by atoms with Gasteiger partial charge in [-0.15, -0.1) is 10.2 Å². The average Bonchev–Trinajstić information content (AvgIpc) is 2.67. The summed E-state index contributed by atoms with van der Waals surface area (Å²) in [5.74, 6) is 0.596. The van der Waals surface area contributed by atoms with Gasteiger partial charge in [-0.25, -0.2) is 0 Å². The lowest BCUT2D eigenvalue weighted by Gasteiger charge is -2.06. The van der Waals surface area contributed by atoms with Crippen LogP contribution < -0.4 is 5.32 Å². The first-order chi connectivity index (χ1) is 7.66. The second kappa shape index (κ2) is 4.67. The molecule has 1 heterocycles. The number of tetrazole rings is 1. The van der Waals surface area contributed by atoms with E-state index in [4.69, 9.17) is 23.2 Å². The zero-order chi connectivity index (χ0) is 11.5. The molecule has 5 nitrogen and oxygen atoms in total. The first-order valence-corrected chi connectivity index (χ1v) is 5.33. The number of aromatic nitrogens is 4. The van der Waals surface area contributed by atoms with E-state index in [0.29, 0.717) is 22.4 Å². The predicted octanol–water partition coefficient (Wildman–Crippen LogP) is 2.13. The van der Waals surface area contributed by atoms with Gasteiger partial charge < -0.3 is 5.32 Å². The zero-order valence-electron chi connectivity index (χ0n) is 8.48. The van der Waals surface area contributed by atoms with E-state index < -0.39 is 0 Å². The highest BCUT2D eigenvalue weighted by atomic mass is 35.5. The molecular weight excluding hydrogens is 249 g/mol. The second-order valence-corrected chi connectivity index (χ2v) is 3.94. The highest BCUT2D eigenvalue weighted by Gasteiger charge is 2.05. The minimum Gasteiger partial charge on any atom is -0.376 e. The van der Waals surface area contributed by atoms with Crippen molar-refractivity contribution in [1.29, 1.82) is 0 Å². The quantitative estimate of drug-likeness (QED) is 0.916. The Morgan fingerprint density at radius 1 is 1.38 bits per heavy atom. The minimum atomic E-state index is 0.452. The number of hydrogen-bond donors (Lipinski definition) is 1. The van der Waals surface area contributed by atoms with Crippen LogP contribution in [0.4, 0.5) is 5.69 Å². The standard InChI is InChI=1S/C9H9Cl2N5/c1-16-14-8(13-15-16)5-12-7-4-2-3-6(10)9(7)11/h2-4,12H,5H2,1H3. The fourth-order valence-corrected chi connectivity index (χ4v) is 1.58. The van der Waals surface area contributed by atoms with E-state index in [1.54, 1.807) is 13.1 Å². The van der Waals surface area contributed by atoms with Crippen molar-refractivity contribution < 1.29 is 0 Å². The van der Waals surface area contributed by atoms with E-state index in [-0.39, 0.29) is 0 Å². The topological polar surface area (TPSA) is 55.6 Å². The van der Waals surface area contributed by atoms with E-state index in [1.807, 2.05) is 12.1 Å². The van der Waals surface area contributed by atoms with Crippen LogP contribution in [-0.2, 0) is 13.6 Å². The molecule has 0 fully saturated rings. The van der Waals surface area contributed by atoms with Crippen molar-refractivity contribution in [3.05, 3.63) is 34.1 Å². The van der Waals surface area contributed by atoms with Crippen molar-refractivity contribution >= 4 is 28.9 Å². The summed E-state index contributed by atoms with van der Waals surface area (Å²) in [5, 5.41) is 15.7. The van der Waals surface area contributed by atoms with Gasteiger partial charge in [0.25, 0.3) is 0 Å².